The molecule has 0 aliphatic carbocycles. The molecule has 137 valence electrons. The molecule has 0 atom stereocenters. The van der Waals surface area contributed by atoms with E-state index in [9.17, 15) is 5.11 Å². The SMILES string of the molecule is [O]c1c(Sc2ccccc2)cc(Sc2ccccc2)cc1Sc1ccccc1. The molecule has 0 aromatic heterocycles. The van der Waals surface area contributed by atoms with E-state index in [2.05, 4.69) is 12.1 Å². The maximum Gasteiger partial charge on any atom is 0.206 e. The van der Waals surface area contributed by atoms with Gasteiger partial charge in [0.25, 0.3) is 0 Å². The average Bonchev–Trinajstić information content (AvgIpc) is 2.74. The Kier molecular flexibility index (Phi) is 6.32. The molecule has 0 heterocycles. The minimum Gasteiger partial charge on any atom is -0.287 e. The zero-order valence-corrected chi connectivity index (χ0v) is 17.4. The molecular weight excluding hydrogens is 400 g/mol. The molecular formula is C24H17OS3. The van der Waals surface area contributed by atoms with E-state index in [1.54, 1.807) is 11.8 Å². The molecule has 0 aliphatic rings. The van der Waals surface area contributed by atoms with Gasteiger partial charge in [0.05, 0.1) is 9.79 Å². The van der Waals surface area contributed by atoms with Crippen LogP contribution in [0.1, 0.15) is 0 Å². The average molecular weight is 418 g/mol. The Labute approximate surface area is 178 Å². The quantitative estimate of drug-likeness (QED) is 0.315. The van der Waals surface area contributed by atoms with Crippen LogP contribution in [0.15, 0.2) is 133 Å². The highest BCUT2D eigenvalue weighted by Gasteiger charge is 2.15. The first kappa shape index (κ1) is 19.1. The second kappa shape index (κ2) is 9.28. The lowest BCUT2D eigenvalue weighted by Gasteiger charge is -2.11. The monoisotopic (exact) mass is 417 g/mol. The minimum atomic E-state index is 0.0834. The Morgan fingerprint density at radius 1 is 0.429 bits per heavy atom. The standard InChI is InChI=1S/C24H17OS3/c25-24-22(27-19-12-6-2-7-13-19)16-21(26-18-10-4-1-5-11-18)17-23(24)28-20-14-8-3-9-15-20/h1-17H. The van der Waals surface area contributed by atoms with Crippen molar-refractivity contribution in [3.63, 3.8) is 0 Å². The Bertz CT molecular complexity index is 973. The lowest BCUT2D eigenvalue weighted by Crippen LogP contribution is -1.83. The van der Waals surface area contributed by atoms with Crippen LogP contribution in [-0.4, -0.2) is 0 Å². The van der Waals surface area contributed by atoms with Crippen molar-refractivity contribution in [1.82, 2.24) is 0 Å². The molecule has 0 unspecified atom stereocenters. The summed E-state index contributed by atoms with van der Waals surface area (Å²) in [6.07, 6.45) is 0. The van der Waals surface area contributed by atoms with E-state index in [1.807, 2.05) is 91.0 Å². The van der Waals surface area contributed by atoms with Gasteiger partial charge in [-0.05, 0) is 48.5 Å². The van der Waals surface area contributed by atoms with Crippen LogP contribution in [0.3, 0.4) is 0 Å². The van der Waals surface area contributed by atoms with Gasteiger partial charge >= 0.3 is 0 Å². The summed E-state index contributed by atoms with van der Waals surface area (Å²) in [6, 6.07) is 34.3. The fourth-order valence-corrected chi connectivity index (χ4v) is 5.62. The molecule has 1 nitrogen and oxygen atoms in total. The van der Waals surface area contributed by atoms with Crippen molar-refractivity contribution in [3.8, 4) is 5.75 Å². The van der Waals surface area contributed by atoms with E-state index in [1.165, 1.54) is 23.5 Å². The van der Waals surface area contributed by atoms with E-state index < -0.39 is 0 Å². The second-order valence-corrected chi connectivity index (χ2v) is 9.37. The van der Waals surface area contributed by atoms with Crippen LogP contribution in [0.4, 0.5) is 0 Å². The molecule has 4 aromatic carbocycles. The molecule has 4 aromatic rings. The molecule has 1 radical (unpaired) electrons. The van der Waals surface area contributed by atoms with E-state index >= 15 is 0 Å². The highest BCUT2D eigenvalue weighted by atomic mass is 32.2. The topological polar surface area (TPSA) is 19.9 Å². The Hall–Kier alpha value is -2.27. The fraction of sp³-hybridized carbons (Fsp3) is 0. The second-order valence-electron chi connectivity index (χ2n) is 5.99. The summed E-state index contributed by atoms with van der Waals surface area (Å²) >= 11 is 4.73. The smallest absolute Gasteiger partial charge is 0.206 e. The highest BCUT2D eigenvalue weighted by Crippen LogP contribution is 2.46. The van der Waals surface area contributed by atoms with Crippen molar-refractivity contribution in [1.29, 1.82) is 0 Å². The van der Waals surface area contributed by atoms with Gasteiger partial charge in [-0.1, -0.05) is 89.9 Å². The fourth-order valence-electron chi connectivity index (χ4n) is 2.62. The van der Waals surface area contributed by atoms with Crippen LogP contribution in [-0.2, 0) is 5.11 Å². The summed E-state index contributed by atoms with van der Waals surface area (Å²) in [7, 11) is 0. The molecule has 0 saturated heterocycles. The number of rotatable bonds is 6. The summed E-state index contributed by atoms with van der Waals surface area (Å²) in [5, 5.41) is 13.1. The molecule has 0 fully saturated rings. The van der Waals surface area contributed by atoms with E-state index in [4.69, 9.17) is 0 Å². The zero-order chi connectivity index (χ0) is 19.2. The third-order valence-corrected chi connectivity index (χ3v) is 6.96. The van der Waals surface area contributed by atoms with Crippen molar-refractivity contribution in [3.05, 3.63) is 103 Å². The van der Waals surface area contributed by atoms with E-state index in [0.29, 0.717) is 0 Å². The Balaban J connectivity index is 1.71. The van der Waals surface area contributed by atoms with Crippen LogP contribution in [0.5, 0.6) is 5.75 Å². The van der Waals surface area contributed by atoms with Crippen molar-refractivity contribution in [2.75, 3.05) is 0 Å². The van der Waals surface area contributed by atoms with Crippen LogP contribution < -0.4 is 0 Å². The summed E-state index contributed by atoms with van der Waals surface area (Å²) in [5.41, 5.74) is 0. The largest absolute Gasteiger partial charge is 0.287 e. The van der Waals surface area contributed by atoms with Crippen LogP contribution >= 0.6 is 35.3 Å². The summed E-state index contributed by atoms with van der Waals surface area (Å²) in [4.78, 5) is 5.88. The van der Waals surface area contributed by atoms with Crippen molar-refractivity contribution >= 4 is 35.3 Å². The van der Waals surface area contributed by atoms with Crippen molar-refractivity contribution in [2.24, 2.45) is 0 Å². The molecule has 0 bridgehead atoms. The Morgan fingerprint density at radius 2 is 0.786 bits per heavy atom. The molecule has 0 spiro atoms. The predicted octanol–water partition coefficient (Wildman–Crippen LogP) is 8.28. The van der Waals surface area contributed by atoms with Crippen LogP contribution in [0.25, 0.3) is 0 Å². The molecule has 28 heavy (non-hydrogen) atoms. The van der Waals surface area contributed by atoms with Gasteiger partial charge in [0, 0.05) is 19.6 Å². The minimum absolute atomic E-state index is 0.0834. The summed E-state index contributed by atoms with van der Waals surface area (Å²) in [6.45, 7) is 0. The maximum atomic E-state index is 13.1. The van der Waals surface area contributed by atoms with Gasteiger partial charge in [0.1, 0.15) is 0 Å². The normalized spacial score (nSPS) is 10.7. The third kappa shape index (κ3) is 4.96. The zero-order valence-electron chi connectivity index (χ0n) is 14.9. The van der Waals surface area contributed by atoms with Gasteiger partial charge < -0.3 is 0 Å². The van der Waals surface area contributed by atoms with Crippen LogP contribution in [0, 0.1) is 0 Å². The third-order valence-electron chi connectivity index (χ3n) is 3.92. The van der Waals surface area contributed by atoms with Crippen molar-refractivity contribution in [2.45, 2.75) is 29.4 Å². The molecule has 0 saturated carbocycles. The van der Waals surface area contributed by atoms with Gasteiger partial charge in [-0.15, -0.1) is 0 Å². The molecule has 0 amide bonds. The predicted molar refractivity (Wildman–Crippen MR) is 118 cm³/mol. The lowest BCUT2D eigenvalue weighted by atomic mass is 10.3. The first-order chi connectivity index (χ1) is 13.8. The molecule has 4 rings (SSSR count). The summed E-state index contributed by atoms with van der Waals surface area (Å²) < 4.78 is 0. The van der Waals surface area contributed by atoms with Crippen molar-refractivity contribution < 1.29 is 5.11 Å². The van der Waals surface area contributed by atoms with Gasteiger partial charge in [0.15, 0.2) is 0 Å². The van der Waals surface area contributed by atoms with Crippen LogP contribution in [0.2, 0.25) is 0 Å². The van der Waals surface area contributed by atoms with Gasteiger partial charge in [-0.2, -0.15) is 0 Å². The lowest BCUT2D eigenvalue weighted by molar-refractivity contribution is 0.333. The molecule has 0 aliphatic heterocycles. The first-order valence-corrected chi connectivity index (χ1v) is 11.3. The van der Waals surface area contributed by atoms with E-state index in [0.717, 1.165) is 29.4 Å². The number of hydrogen-bond donors (Lipinski definition) is 0. The van der Waals surface area contributed by atoms with Gasteiger partial charge in [-0.3, -0.25) is 5.11 Å². The maximum absolute atomic E-state index is 13.1. The highest BCUT2D eigenvalue weighted by molar-refractivity contribution is 8.01. The first-order valence-electron chi connectivity index (χ1n) is 8.82. The Morgan fingerprint density at radius 3 is 1.18 bits per heavy atom. The molecule has 4 heteroatoms. The van der Waals surface area contributed by atoms with Gasteiger partial charge in [-0.25, -0.2) is 0 Å². The molecule has 0 N–H and O–H groups in total. The summed E-state index contributed by atoms with van der Waals surface area (Å²) in [5.74, 6) is 0.0834. The van der Waals surface area contributed by atoms with Gasteiger partial charge in [0.2, 0.25) is 5.75 Å². The number of hydrogen-bond acceptors (Lipinski definition) is 3. The number of benzene rings is 4. The van der Waals surface area contributed by atoms with E-state index in [-0.39, 0.29) is 5.75 Å².